The van der Waals surface area contributed by atoms with Crippen molar-refractivity contribution in [2.24, 2.45) is 7.05 Å². The molecule has 14 heteroatoms. The lowest BCUT2D eigenvalue weighted by Gasteiger charge is -2.33. The van der Waals surface area contributed by atoms with E-state index < -0.39 is 35.2 Å². The highest BCUT2D eigenvalue weighted by Crippen LogP contribution is 2.33. The third kappa shape index (κ3) is 6.30. The summed E-state index contributed by atoms with van der Waals surface area (Å²) in [5.41, 5.74) is -2.13. The molecule has 1 aliphatic carbocycles. The predicted octanol–water partition coefficient (Wildman–Crippen LogP) is 3.98. The molecule has 3 aromatic heterocycles. The zero-order valence-corrected chi connectivity index (χ0v) is 20.9. The number of aromatic nitrogens is 5. The van der Waals surface area contributed by atoms with Crippen LogP contribution in [0.3, 0.4) is 0 Å². The summed E-state index contributed by atoms with van der Waals surface area (Å²) in [6.45, 7) is 5.37. The number of carbonyl (C=O) groups is 2. The van der Waals surface area contributed by atoms with Crippen molar-refractivity contribution in [3.05, 3.63) is 35.9 Å². The third-order valence-electron chi connectivity index (χ3n) is 5.76. The summed E-state index contributed by atoms with van der Waals surface area (Å²) >= 11 is 0. The number of ether oxygens (including phenoxy) is 1. The first-order chi connectivity index (χ1) is 17.3. The van der Waals surface area contributed by atoms with Gasteiger partial charge in [-0.15, -0.1) is 0 Å². The molecule has 2 atom stereocenters. The van der Waals surface area contributed by atoms with E-state index in [-0.39, 0.29) is 23.3 Å². The lowest BCUT2D eigenvalue weighted by atomic mass is 9.90. The largest absolute Gasteiger partial charge is 0.444 e. The average Bonchev–Trinajstić information content (AvgIpc) is 3.36. The van der Waals surface area contributed by atoms with Gasteiger partial charge in [0, 0.05) is 25.5 Å². The van der Waals surface area contributed by atoms with Crippen LogP contribution in [0.1, 0.15) is 62.5 Å². The molecule has 0 aromatic carbocycles. The Bertz CT molecular complexity index is 1290. The fourth-order valence-corrected chi connectivity index (χ4v) is 4.21. The van der Waals surface area contributed by atoms with Crippen molar-refractivity contribution in [2.45, 2.75) is 70.3 Å². The highest BCUT2D eigenvalue weighted by Gasteiger charge is 2.38. The fraction of sp³-hybridized carbons (Fsp3) is 0.522. The molecular formula is C23H29F3N8O3. The van der Waals surface area contributed by atoms with Gasteiger partial charge >= 0.3 is 12.3 Å². The second kappa shape index (κ2) is 9.90. The zero-order valence-electron chi connectivity index (χ0n) is 20.9. The maximum absolute atomic E-state index is 13.3. The van der Waals surface area contributed by atoms with Gasteiger partial charge in [0.2, 0.25) is 0 Å². The first-order valence-corrected chi connectivity index (χ1v) is 11.8. The van der Waals surface area contributed by atoms with E-state index in [1.165, 1.54) is 17.8 Å². The average molecular weight is 523 g/mol. The number of hydrogen-bond acceptors (Lipinski definition) is 7. The number of halogens is 3. The van der Waals surface area contributed by atoms with E-state index >= 15 is 0 Å². The van der Waals surface area contributed by atoms with Crippen molar-refractivity contribution in [3.63, 3.8) is 0 Å². The van der Waals surface area contributed by atoms with E-state index in [1.807, 2.05) is 0 Å². The van der Waals surface area contributed by atoms with Gasteiger partial charge in [0.25, 0.3) is 5.91 Å². The second-order valence-corrected chi connectivity index (χ2v) is 9.94. The Kier molecular flexibility index (Phi) is 7.02. The Morgan fingerprint density at radius 3 is 2.51 bits per heavy atom. The molecular weight excluding hydrogens is 493 g/mol. The number of amides is 2. The minimum Gasteiger partial charge on any atom is -0.444 e. The Labute approximate surface area is 210 Å². The third-order valence-corrected chi connectivity index (χ3v) is 5.76. The molecule has 37 heavy (non-hydrogen) atoms. The lowest BCUT2D eigenvalue weighted by Crippen LogP contribution is -2.49. The number of anilines is 2. The summed E-state index contributed by atoms with van der Waals surface area (Å²) in [5.74, 6) is -0.373. The first kappa shape index (κ1) is 26.2. The van der Waals surface area contributed by atoms with E-state index in [0.717, 1.165) is 36.6 Å². The molecule has 3 heterocycles. The molecule has 0 bridgehead atoms. The molecule has 0 radical (unpaired) electrons. The van der Waals surface area contributed by atoms with Crippen LogP contribution < -0.4 is 16.0 Å². The Morgan fingerprint density at radius 1 is 1.14 bits per heavy atom. The van der Waals surface area contributed by atoms with Crippen molar-refractivity contribution >= 4 is 29.2 Å². The van der Waals surface area contributed by atoms with Crippen LogP contribution in [0, 0.1) is 0 Å². The molecule has 11 nitrogen and oxygen atoms in total. The van der Waals surface area contributed by atoms with Crippen LogP contribution in [-0.4, -0.2) is 54.1 Å². The molecule has 1 saturated carbocycles. The van der Waals surface area contributed by atoms with Crippen LogP contribution in [0.15, 0.2) is 24.7 Å². The summed E-state index contributed by atoms with van der Waals surface area (Å²) in [7, 11) is 1.33. The number of hydrogen-bond donors (Lipinski definition) is 3. The van der Waals surface area contributed by atoms with Gasteiger partial charge in [-0.2, -0.15) is 23.4 Å². The van der Waals surface area contributed by atoms with Crippen LogP contribution in [-0.2, 0) is 18.0 Å². The summed E-state index contributed by atoms with van der Waals surface area (Å²) in [6.07, 6.45) is 2.11. The standard InChI is InChI=1S/C23H29F3N8O3/c1-22(2,3)37-21(36)30-15-8-6-5-7-14(15)28-17-9-10-34-19(31-17)13(11-27-34)20(35)29-16-12-33(4)32-18(16)23(24,25)26/h9-12,14-15H,5-8H2,1-4H3,(H,28,31)(H,29,35)(H,30,36)/t14-,15+/m1/s1. The summed E-state index contributed by atoms with van der Waals surface area (Å²) < 4.78 is 47.5. The summed E-state index contributed by atoms with van der Waals surface area (Å²) in [5, 5.41) is 16.0. The smallest absolute Gasteiger partial charge is 0.437 e. The minimum absolute atomic E-state index is 0.00676. The quantitative estimate of drug-likeness (QED) is 0.463. The van der Waals surface area contributed by atoms with Crippen LogP contribution in [0.5, 0.6) is 0 Å². The number of aryl methyl sites for hydroxylation is 1. The highest BCUT2D eigenvalue weighted by molar-refractivity contribution is 6.08. The molecule has 0 unspecified atom stereocenters. The van der Waals surface area contributed by atoms with Gasteiger partial charge in [-0.1, -0.05) is 12.8 Å². The lowest BCUT2D eigenvalue weighted by molar-refractivity contribution is -0.140. The molecule has 3 N–H and O–H groups in total. The maximum Gasteiger partial charge on any atom is 0.437 e. The van der Waals surface area contributed by atoms with Crippen LogP contribution in [0.2, 0.25) is 0 Å². The van der Waals surface area contributed by atoms with Crippen LogP contribution >= 0.6 is 0 Å². The van der Waals surface area contributed by atoms with Crippen LogP contribution in [0.4, 0.5) is 29.5 Å². The number of nitrogens with zero attached hydrogens (tertiary/aromatic N) is 5. The number of fused-ring (bicyclic) bond motifs is 1. The molecule has 3 aromatic rings. The van der Waals surface area contributed by atoms with E-state index in [0.29, 0.717) is 5.82 Å². The van der Waals surface area contributed by atoms with E-state index in [9.17, 15) is 22.8 Å². The molecule has 200 valence electrons. The van der Waals surface area contributed by atoms with Gasteiger partial charge in [-0.3, -0.25) is 9.48 Å². The van der Waals surface area contributed by atoms with Gasteiger partial charge in [0.05, 0.1) is 17.9 Å². The molecule has 0 saturated heterocycles. The SMILES string of the molecule is Cn1cc(NC(=O)c2cnn3ccc(N[C@@H]4CCCC[C@@H]4NC(=O)OC(C)(C)C)nc23)c(C(F)(F)F)n1. The van der Waals surface area contributed by atoms with Gasteiger partial charge in [-0.05, 0) is 39.7 Å². The van der Waals surface area contributed by atoms with Crippen molar-refractivity contribution in [2.75, 3.05) is 10.6 Å². The van der Waals surface area contributed by atoms with Gasteiger partial charge in [-0.25, -0.2) is 14.3 Å². The normalized spacial score (nSPS) is 18.5. The topological polar surface area (TPSA) is 127 Å². The molecule has 4 rings (SSSR count). The predicted molar refractivity (Wildman–Crippen MR) is 128 cm³/mol. The first-order valence-electron chi connectivity index (χ1n) is 11.8. The maximum atomic E-state index is 13.3. The minimum atomic E-state index is -4.73. The van der Waals surface area contributed by atoms with E-state index in [4.69, 9.17) is 4.74 Å². The Morgan fingerprint density at radius 2 is 1.84 bits per heavy atom. The molecule has 1 aliphatic rings. The summed E-state index contributed by atoms with van der Waals surface area (Å²) in [6, 6.07) is 1.34. The molecule has 1 fully saturated rings. The van der Waals surface area contributed by atoms with Crippen molar-refractivity contribution in [1.29, 1.82) is 0 Å². The van der Waals surface area contributed by atoms with Crippen molar-refractivity contribution in [1.82, 2.24) is 29.7 Å². The number of alkyl halides is 3. The molecule has 0 aliphatic heterocycles. The monoisotopic (exact) mass is 522 g/mol. The van der Waals surface area contributed by atoms with E-state index in [1.54, 1.807) is 33.0 Å². The Balaban J connectivity index is 1.52. The summed E-state index contributed by atoms with van der Waals surface area (Å²) in [4.78, 5) is 29.7. The molecule has 0 spiro atoms. The number of alkyl carbamates (subject to hydrolysis) is 1. The number of carbonyl (C=O) groups excluding carboxylic acids is 2. The zero-order chi connectivity index (χ0) is 27.0. The fourth-order valence-electron chi connectivity index (χ4n) is 4.21. The van der Waals surface area contributed by atoms with E-state index in [2.05, 4.69) is 31.1 Å². The highest BCUT2D eigenvalue weighted by atomic mass is 19.4. The van der Waals surface area contributed by atoms with Gasteiger partial charge in [0.15, 0.2) is 11.3 Å². The van der Waals surface area contributed by atoms with Gasteiger partial charge in [0.1, 0.15) is 17.0 Å². The van der Waals surface area contributed by atoms with Crippen molar-refractivity contribution < 1.29 is 27.5 Å². The van der Waals surface area contributed by atoms with Crippen LogP contribution in [0.25, 0.3) is 5.65 Å². The van der Waals surface area contributed by atoms with Gasteiger partial charge < -0.3 is 20.7 Å². The Hall–Kier alpha value is -3.84. The molecule has 2 amide bonds. The second-order valence-electron chi connectivity index (χ2n) is 9.94. The van der Waals surface area contributed by atoms with Crippen molar-refractivity contribution in [3.8, 4) is 0 Å². The number of nitrogens with one attached hydrogen (secondary N) is 3. The number of rotatable bonds is 5.